The first-order valence-electron chi connectivity index (χ1n) is 5.26. The number of rotatable bonds is 3. The fourth-order valence-corrected chi connectivity index (χ4v) is 1.50. The van der Waals surface area contributed by atoms with Crippen LogP contribution in [0.1, 0.15) is 26.0 Å². The lowest BCUT2D eigenvalue weighted by molar-refractivity contribution is 0.582. The molecule has 0 bridgehead atoms. The predicted molar refractivity (Wildman–Crippen MR) is 60.6 cm³/mol. The Morgan fingerprint density at radius 3 is 2.93 bits per heavy atom. The number of imidazole rings is 1. The van der Waals surface area contributed by atoms with Crippen LogP contribution in [0.4, 0.5) is 5.82 Å². The van der Waals surface area contributed by atoms with Crippen LogP contribution < -0.4 is 5.73 Å². The molecule has 2 aromatic rings. The van der Waals surface area contributed by atoms with E-state index in [1.54, 1.807) is 10.6 Å². The Hall–Kier alpha value is -1.58. The van der Waals surface area contributed by atoms with Crippen molar-refractivity contribution in [1.82, 2.24) is 14.6 Å². The number of nitrogens with zero attached hydrogens (tertiary/aromatic N) is 3. The van der Waals surface area contributed by atoms with Gasteiger partial charge < -0.3 is 5.73 Å². The molecule has 2 rings (SSSR count). The second kappa shape index (κ2) is 3.88. The number of anilines is 1. The molecule has 0 aliphatic heterocycles. The molecule has 0 saturated heterocycles. The third-order valence-electron chi connectivity index (χ3n) is 2.37. The molecule has 0 unspecified atom stereocenters. The van der Waals surface area contributed by atoms with E-state index in [0.717, 1.165) is 24.2 Å². The number of hydrogen-bond acceptors (Lipinski definition) is 3. The molecule has 0 spiro atoms. The minimum atomic E-state index is 0.523. The molecular weight excluding hydrogens is 188 g/mol. The molecule has 0 fully saturated rings. The van der Waals surface area contributed by atoms with Crippen LogP contribution in [0.5, 0.6) is 0 Å². The largest absolute Gasteiger partial charge is 0.382 e. The van der Waals surface area contributed by atoms with Crippen LogP contribution in [0.3, 0.4) is 0 Å². The highest BCUT2D eigenvalue weighted by Gasteiger charge is 2.03. The molecule has 2 heterocycles. The number of nitrogen functional groups attached to an aromatic ring is 1. The van der Waals surface area contributed by atoms with Gasteiger partial charge in [0.2, 0.25) is 0 Å². The Morgan fingerprint density at radius 2 is 2.20 bits per heavy atom. The zero-order valence-electron chi connectivity index (χ0n) is 9.14. The van der Waals surface area contributed by atoms with Gasteiger partial charge in [-0.3, -0.25) is 0 Å². The highest BCUT2D eigenvalue weighted by atomic mass is 15.3. The van der Waals surface area contributed by atoms with E-state index in [-0.39, 0.29) is 0 Å². The molecule has 0 aromatic carbocycles. The summed E-state index contributed by atoms with van der Waals surface area (Å²) in [7, 11) is 0. The molecule has 2 N–H and O–H groups in total. The van der Waals surface area contributed by atoms with Crippen molar-refractivity contribution in [2.75, 3.05) is 5.73 Å². The molecular formula is C11H16N4. The van der Waals surface area contributed by atoms with Crippen molar-refractivity contribution in [3.63, 3.8) is 0 Å². The molecule has 15 heavy (non-hydrogen) atoms. The first-order chi connectivity index (χ1) is 7.15. The maximum atomic E-state index is 5.60. The Bertz CT molecular complexity index is 459. The van der Waals surface area contributed by atoms with Crippen LogP contribution >= 0.6 is 0 Å². The number of aryl methyl sites for hydroxylation is 1. The van der Waals surface area contributed by atoms with Gasteiger partial charge in [0.1, 0.15) is 5.82 Å². The smallest absolute Gasteiger partial charge is 0.153 e. The van der Waals surface area contributed by atoms with E-state index in [0.29, 0.717) is 11.7 Å². The average Bonchev–Trinajstić information content (AvgIpc) is 2.56. The summed E-state index contributed by atoms with van der Waals surface area (Å²) in [6.07, 6.45) is 4.11. The van der Waals surface area contributed by atoms with Gasteiger partial charge >= 0.3 is 0 Å². The predicted octanol–water partition coefficient (Wildman–Crippen LogP) is 1.90. The minimum absolute atomic E-state index is 0.523. The Labute approximate surface area is 89.1 Å². The fourth-order valence-electron chi connectivity index (χ4n) is 1.50. The Kier molecular flexibility index (Phi) is 2.58. The number of nitrogens with two attached hydrogens (primary N) is 1. The standard InChI is InChI=1S/C11H16N4/c1-8(2)3-4-9-7-15-11(13-9)6-5-10(12)14-15/h5-8H,3-4H2,1-2H3,(H2,12,14). The van der Waals surface area contributed by atoms with E-state index < -0.39 is 0 Å². The number of fused-ring (bicyclic) bond motifs is 1. The van der Waals surface area contributed by atoms with Gasteiger partial charge in [-0.05, 0) is 30.9 Å². The maximum absolute atomic E-state index is 5.60. The summed E-state index contributed by atoms with van der Waals surface area (Å²) in [5, 5.41) is 4.16. The third kappa shape index (κ3) is 2.26. The van der Waals surface area contributed by atoms with Crippen molar-refractivity contribution < 1.29 is 0 Å². The molecule has 80 valence electrons. The van der Waals surface area contributed by atoms with Crippen molar-refractivity contribution in [3.05, 3.63) is 24.0 Å². The summed E-state index contributed by atoms with van der Waals surface area (Å²) in [6, 6.07) is 3.66. The monoisotopic (exact) mass is 204 g/mol. The zero-order valence-corrected chi connectivity index (χ0v) is 9.14. The van der Waals surface area contributed by atoms with E-state index in [1.807, 2.05) is 12.3 Å². The zero-order chi connectivity index (χ0) is 10.8. The van der Waals surface area contributed by atoms with Crippen molar-refractivity contribution >= 4 is 11.5 Å². The molecule has 2 aromatic heterocycles. The summed E-state index contributed by atoms with van der Waals surface area (Å²) < 4.78 is 1.74. The molecule has 0 radical (unpaired) electrons. The quantitative estimate of drug-likeness (QED) is 0.830. The topological polar surface area (TPSA) is 56.2 Å². The first kappa shape index (κ1) is 9.96. The van der Waals surface area contributed by atoms with Crippen LogP contribution in [0, 0.1) is 5.92 Å². The van der Waals surface area contributed by atoms with Gasteiger partial charge in [0.25, 0.3) is 0 Å². The van der Waals surface area contributed by atoms with Crippen LogP contribution in [-0.2, 0) is 6.42 Å². The van der Waals surface area contributed by atoms with Gasteiger partial charge in [-0.15, -0.1) is 5.10 Å². The van der Waals surface area contributed by atoms with Gasteiger partial charge in [0.15, 0.2) is 5.65 Å². The Balaban J connectivity index is 2.23. The van der Waals surface area contributed by atoms with Crippen LogP contribution in [-0.4, -0.2) is 14.6 Å². The highest BCUT2D eigenvalue weighted by Crippen LogP contribution is 2.10. The van der Waals surface area contributed by atoms with Crippen molar-refractivity contribution in [3.8, 4) is 0 Å². The van der Waals surface area contributed by atoms with Gasteiger partial charge in [-0.1, -0.05) is 13.8 Å². The average molecular weight is 204 g/mol. The van der Waals surface area contributed by atoms with E-state index >= 15 is 0 Å². The van der Waals surface area contributed by atoms with Crippen molar-refractivity contribution in [1.29, 1.82) is 0 Å². The molecule has 0 amide bonds. The Morgan fingerprint density at radius 1 is 1.40 bits per heavy atom. The summed E-state index contributed by atoms with van der Waals surface area (Å²) in [5.74, 6) is 1.23. The molecule has 0 atom stereocenters. The van der Waals surface area contributed by atoms with E-state index in [1.165, 1.54) is 0 Å². The van der Waals surface area contributed by atoms with Gasteiger partial charge in [0, 0.05) is 0 Å². The SMILES string of the molecule is CC(C)CCc1cn2nc(N)ccc2n1. The lowest BCUT2D eigenvalue weighted by Crippen LogP contribution is -1.95. The molecule has 0 aliphatic carbocycles. The van der Waals surface area contributed by atoms with Crippen LogP contribution in [0.15, 0.2) is 18.3 Å². The van der Waals surface area contributed by atoms with E-state index in [4.69, 9.17) is 5.73 Å². The van der Waals surface area contributed by atoms with E-state index in [9.17, 15) is 0 Å². The summed E-state index contributed by atoms with van der Waals surface area (Å²) in [4.78, 5) is 4.47. The second-order valence-electron chi connectivity index (χ2n) is 4.23. The molecule has 4 nitrogen and oxygen atoms in total. The maximum Gasteiger partial charge on any atom is 0.153 e. The summed E-state index contributed by atoms with van der Waals surface area (Å²) in [6.45, 7) is 4.43. The number of aromatic nitrogens is 3. The fraction of sp³-hybridized carbons (Fsp3) is 0.455. The van der Waals surface area contributed by atoms with Crippen molar-refractivity contribution in [2.24, 2.45) is 5.92 Å². The van der Waals surface area contributed by atoms with E-state index in [2.05, 4.69) is 23.9 Å². The first-order valence-corrected chi connectivity index (χ1v) is 5.26. The third-order valence-corrected chi connectivity index (χ3v) is 2.37. The second-order valence-corrected chi connectivity index (χ2v) is 4.23. The lowest BCUT2D eigenvalue weighted by atomic mass is 10.1. The lowest BCUT2D eigenvalue weighted by Gasteiger charge is -1.99. The normalized spacial score (nSPS) is 11.4. The minimum Gasteiger partial charge on any atom is -0.382 e. The van der Waals surface area contributed by atoms with Crippen LogP contribution in [0.25, 0.3) is 5.65 Å². The van der Waals surface area contributed by atoms with Gasteiger partial charge in [0.05, 0.1) is 11.9 Å². The number of hydrogen-bond donors (Lipinski definition) is 1. The van der Waals surface area contributed by atoms with Crippen molar-refractivity contribution in [2.45, 2.75) is 26.7 Å². The van der Waals surface area contributed by atoms with Gasteiger partial charge in [-0.2, -0.15) is 0 Å². The van der Waals surface area contributed by atoms with Crippen LogP contribution in [0.2, 0.25) is 0 Å². The molecule has 0 saturated carbocycles. The molecule has 0 aliphatic rings. The molecule has 4 heteroatoms. The van der Waals surface area contributed by atoms with Gasteiger partial charge in [-0.25, -0.2) is 9.50 Å². The highest BCUT2D eigenvalue weighted by molar-refractivity contribution is 5.42. The summed E-state index contributed by atoms with van der Waals surface area (Å²) in [5.41, 5.74) is 7.54. The summed E-state index contributed by atoms with van der Waals surface area (Å²) >= 11 is 0.